The number of nitrogens with two attached hydrogens (primary N) is 1. The minimum Gasteiger partial charge on any atom is -0.342 e. The van der Waals surface area contributed by atoms with E-state index in [0.717, 1.165) is 6.07 Å². The van der Waals surface area contributed by atoms with Gasteiger partial charge in [-0.25, -0.2) is 8.78 Å². The zero-order valence-electron chi connectivity index (χ0n) is 12.0. The topological polar surface area (TPSA) is 46.3 Å². The lowest BCUT2D eigenvalue weighted by atomic mass is 10.1. The van der Waals surface area contributed by atoms with Crippen LogP contribution in [0.5, 0.6) is 0 Å². The third kappa shape index (κ3) is 5.25. The maximum absolute atomic E-state index is 13.6. The molecule has 2 N–H and O–H groups in total. The summed E-state index contributed by atoms with van der Waals surface area (Å²) in [6, 6.07) is 3.28. The number of carbonyl (C=O) groups excluding carboxylic acids is 1. The van der Waals surface area contributed by atoms with E-state index in [0.29, 0.717) is 32.0 Å². The van der Waals surface area contributed by atoms with Crippen LogP contribution in [0.4, 0.5) is 8.78 Å². The first-order chi connectivity index (χ1) is 9.43. The molecule has 1 rings (SSSR count). The van der Waals surface area contributed by atoms with Crippen LogP contribution in [0.1, 0.15) is 25.8 Å². The highest BCUT2D eigenvalue weighted by Gasteiger charge is 2.17. The third-order valence-electron chi connectivity index (χ3n) is 2.93. The summed E-state index contributed by atoms with van der Waals surface area (Å²) in [4.78, 5) is 13.9. The summed E-state index contributed by atoms with van der Waals surface area (Å²) in [5.41, 5.74) is 5.68. The average molecular weight is 284 g/mol. The number of hydrogen-bond acceptors (Lipinski definition) is 2. The molecule has 0 fully saturated rings. The van der Waals surface area contributed by atoms with Crippen molar-refractivity contribution in [3.63, 3.8) is 0 Å². The molecule has 0 heterocycles. The zero-order chi connectivity index (χ0) is 15.1. The molecule has 0 radical (unpaired) electrons. The number of benzene rings is 1. The van der Waals surface area contributed by atoms with Crippen LogP contribution in [0, 0.1) is 17.6 Å². The molecule has 1 aromatic carbocycles. The highest BCUT2D eigenvalue weighted by atomic mass is 19.1. The Bertz CT molecular complexity index is 449. The molecule has 20 heavy (non-hydrogen) atoms. The molecule has 3 nitrogen and oxygen atoms in total. The van der Waals surface area contributed by atoms with Gasteiger partial charge in [0, 0.05) is 19.2 Å². The van der Waals surface area contributed by atoms with Gasteiger partial charge in [-0.2, -0.15) is 0 Å². The molecule has 112 valence electrons. The predicted molar refractivity (Wildman–Crippen MR) is 75.2 cm³/mol. The van der Waals surface area contributed by atoms with Gasteiger partial charge in [-0.05, 0) is 30.5 Å². The van der Waals surface area contributed by atoms with Crippen LogP contribution in [-0.2, 0) is 11.2 Å². The molecule has 0 spiro atoms. The number of carbonyl (C=O) groups is 1. The van der Waals surface area contributed by atoms with Gasteiger partial charge in [0.2, 0.25) is 5.91 Å². The summed E-state index contributed by atoms with van der Waals surface area (Å²) < 4.78 is 26.4. The number of amides is 1. The molecule has 0 saturated carbocycles. The summed E-state index contributed by atoms with van der Waals surface area (Å²) in [6.07, 6.45) is 0.660. The van der Waals surface area contributed by atoms with Gasteiger partial charge in [0.05, 0.1) is 6.42 Å². The molecule has 0 atom stereocenters. The third-order valence-corrected chi connectivity index (χ3v) is 2.93. The fourth-order valence-electron chi connectivity index (χ4n) is 1.98. The molecule has 1 amide bonds. The molecule has 0 saturated heterocycles. The van der Waals surface area contributed by atoms with E-state index in [9.17, 15) is 13.6 Å². The lowest BCUT2D eigenvalue weighted by Crippen LogP contribution is -2.37. The predicted octanol–water partition coefficient (Wildman–Crippen LogP) is 2.34. The molecule has 0 aliphatic heterocycles. The molecular weight excluding hydrogens is 262 g/mol. The molecule has 0 aliphatic carbocycles. The number of nitrogens with zero attached hydrogens (tertiary/aromatic N) is 1. The van der Waals surface area contributed by atoms with Crippen molar-refractivity contribution >= 4 is 5.91 Å². The summed E-state index contributed by atoms with van der Waals surface area (Å²) in [7, 11) is 0. The van der Waals surface area contributed by atoms with Crippen molar-refractivity contribution < 1.29 is 13.6 Å². The van der Waals surface area contributed by atoms with Crippen molar-refractivity contribution in [2.45, 2.75) is 26.7 Å². The normalized spacial score (nSPS) is 10.9. The van der Waals surface area contributed by atoms with Crippen molar-refractivity contribution in [1.82, 2.24) is 4.90 Å². The van der Waals surface area contributed by atoms with Crippen LogP contribution >= 0.6 is 0 Å². The van der Waals surface area contributed by atoms with E-state index >= 15 is 0 Å². The first kappa shape index (κ1) is 16.6. The van der Waals surface area contributed by atoms with Crippen LogP contribution in [0.2, 0.25) is 0 Å². The quantitative estimate of drug-likeness (QED) is 0.835. The molecule has 0 unspecified atom stereocenters. The van der Waals surface area contributed by atoms with Crippen molar-refractivity contribution in [2.24, 2.45) is 11.7 Å². The molecule has 0 aromatic heterocycles. The van der Waals surface area contributed by atoms with Gasteiger partial charge in [0.25, 0.3) is 0 Å². The zero-order valence-corrected chi connectivity index (χ0v) is 12.0. The van der Waals surface area contributed by atoms with E-state index in [1.54, 1.807) is 4.90 Å². The molecule has 1 aromatic rings. The fourth-order valence-corrected chi connectivity index (χ4v) is 1.98. The maximum atomic E-state index is 13.6. The highest BCUT2D eigenvalue weighted by molar-refractivity contribution is 5.78. The molecule has 0 bridgehead atoms. The maximum Gasteiger partial charge on any atom is 0.227 e. The second-order valence-corrected chi connectivity index (χ2v) is 5.29. The largest absolute Gasteiger partial charge is 0.342 e. The Kier molecular flexibility index (Phi) is 6.58. The van der Waals surface area contributed by atoms with Crippen LogP contribution in [0.25, 0.3) is 0 Å². The lowest BCUT2D eigenvalue weighted by Gasteiger charge is -2.24. The average Bonchev–Trinajstić information content (AvgIpc) is 2.37. The summed E-state index contributed by atoms with van der Waals surface area (Å²) in [6.45, 7) is 5.72. The van der Waals surface area contributed by atoms with Gasteiger partial charge in [0.1, 0.15) is 11.6 Å². The minimum atomic E-state index is -0.679. The van der Waals surface area contributed by atoms with Crippen LogP contribution in [0.3, 0.4) is 0 Å². The van der Waals surface area contributed by atoms with E-state index in [1.807, 2.05) is 13.8 Å². The minimum absolute atomic E-state index is 0.0522. The number of halogens is 2. The summed E-state index contributed by atoms with van der Waals surface area (Å²) >= 11 is 0. The van der Waals surface area contributed by atoms with E-state index in [4.69, 9.17) is 5.73 Å². The Morgan fingerprint density at radius 2 is 2.05 bits per heavy atom. The number of rotatable bonds is 7. The van der Waals surface area contributed by atoms with E-state index < -0.39 is 11.6 Å². The smallest absolute Gasteiger partial charge is 0.227 e. The molecular formula is C15H22F2N2O. The van der Waals surface area contributed by atoms with Gasteiger partial charge in [-0.3, -0.25) is 4.79 Å². The monoisotopic (exact) mass is 284 g/mol. The second kappa shape index (κ2) is 7.94. The standard InChI is InChI=1S/C15H22F2N2O/c1-11(2)10-19(7-3-6-18)15(20)8-12-4-5-13(16)9-14(12)17/h4-5,9,11H,3,6-8,10,18H2,1-2H3. The van der Waals surface area contributed by atoms with Crippen molar-refractivity contribution in [3.05, 3.63) is 35.4 Å². The van der Waals surface area contributed by atoms with Crippen LogP contribution in [0.15, 0.2) is 18.2 Å². The van der Waals surface area contributed by atoms with E-state index in [2.05, 4.69) is 0 Å². The first-order valence-corrected chi connectivity index (χ1v) is 6.85. The highest BCUT2D eigenvalue weighted by Crippen LogP contribution is 2.12. The fraction of sp³-hybridized carbons (Fsp3) is 0.533. The first-order valence-electron chi connectivity index (χ1n) is 6.85. The van der Waals surface area contributed by atoms with Gasteiger partial charge in [0.15, 0.2) is 0 Å². The summed E-state index contributed by atoms with van der Waals surface area (Å²) in [5.74, 6) is -1.14. The Morgan fingerprint density at radius 3 is 2.60 bits per heavy atom. The van der Waals surface area contributed by atoms with Crippen molar-refractivity contribution in [2.75, 3.05) is 19.6 Å². The van der Waals surface area contributed by atoms with Gasteiger partial charge >= 0.3 is 0 Å². The molecule has 0 aliphatic rings. The second-order valence-electron chi connectivity index (χ2n) is 5.29. The Morgan fingerprint density at radius 1 is 1.35 bits per heavy atom. The van der Waals surface area contributed by atoms with Crippen LogP contribution in [-0.4, -0.2) is 30.4 Å². The van der Waals surface area contributed by atoms with Crippen LogP contribution < -0.4 is 5.73 Å². The SMILES string of the molecule is CC(C)CN(CCCN)C(=O)Cc1ccc(F)cc1F. The Labute approximate surface area is 118 Å². The van der Waals surface area contributed by atoms with E-state index in [-0.39, 0.29) is 17.9 Å². The van der Waals surface area contributed by atoms with Gasteiger partial charge in [-0.15, -0.1) is 0 Å². The molecule has 5 heteroatoms. The van der Waals surface area contributed by atoms with E-state index in [1.165, 1.54) is 12.1 Å². The van der Waals surface area contributed by atoms with Crippen molar-refractivity contribution in [3.8, 4) is 0 Å². The summed E-state index contributed by atoms with van der Waals surface area (Å²) in [5, 5.41) is 0. The number of hydrogen-bond donors (Lipinski definition) is 1. The Hall–Kier alpha value is -1.49. The lowest BCUT2D eigenvalue weighted by molar-refractivity contribution is -0.131. The Balaban J connectivity index is 2.73. The van der Waals surface area contributed by atoms with Gasteiger partial charge < -0.3 is 10.6 Å². The van der Waals surface area contributed by atoms with Gasteiger partial charge in [-0.1, -0.05) is 19.9 Å². The van der Waals surface area contributed by atoms with Crippen molar-refractivity contribution in [1.29, 1.82) is 0 Å².